The van der Waals surface area contributed by atoms with Crippen LogP contribution in [0.3, 0.4) is 0 Å². The molecule has 1 aliphatic rings. The van der Waals surface area contributed by atoms with Gasteiger partial charge in [0.05, 0.1) is 10.6 Å². The molecule has 1 aromatic heterocycles. The van der Waals surface area contributed by atoms with Gasteiger partial charge in [-0.25, -0.2) is 4.98 Å². The van der Waals surface area contributed by atoms with Gasteiger partial charge in [-0.05, 0) is 34.8 Å². The highest BCUT2D eigenvalue weighted by molar-refractivity contribution is 9.10. The van der Waals surface area contributed by atoms with E-state index in [9.17, 15) is 4.39 Å². The molecule has 0 amide bonds. The van der Waals surface area contributed by atoms with Crippen molar-refractivity contribution in [3.8, 4) is 5.75 Å². The fourth-order valence-electron chi connectivity index (χ4n) is 0.858. The minimum Gasteiger partial charge on any atom is -0.484 e. The lowest BCUT2D eigenvalue weighted by Crippen LogP contribution is -2.00. The minimum atomic E-state index is -0.545. The lowest BCUT2D eigenvalue weighted by atomic mass is 10.4. The second-order valence-corrected chi connectivity index (χ2v) is 3.58. The fraction of sp³-hybridized carbons (Fsp3) is 0.375. The van der Waals surface area contributed by atoms with Gasteiger partial charge in [0.1, 0.15) is 0 Å². The highest BCUT2D eigenvalue weighted by atomic mass is 79.9. The molecule has 0 N–H and O–H groups in total. The van der Waals surface area contributed by atoms with E-state index in [2.05, 4.69) is 20.9 Å². The molecule has 0 aliphatic heterocycles. The molecule has 0 radical (unpaired) electrons. The Kier molecular flexibility index (Phi) is 2.00. The third-order valence-corrected chi connectivity index (χ3v) is 2.25. The van der Waals surface area contributed by atoms with Gasteiger partial charge in [0.25, 0.3) is 5.95 Å². The predicted molar refractivity (Wildman–Crippen MR) is 45.5 cm³/mol. The Morgan fingerprint density at radius 1 is 1.58 bits per heavy atom. The zero-order chi connectivity index (χ0) is 8.55. The number of rotatable bonds is 2. The van der Waals surface area contributed by atoms with Crippen molar-refractivity contribution in [2.45, 2.75) is 18.9 Å². The first-order valence-corrected chi connectivity index (χ1v) is 4.53. The van der Waals surface area contributed by atoms with Crippen LogP contribution >= 0.6 is 15.9 Å². The monoisotopic (exact) mass is 231 g/mol. The Morgan fingerprint density at radius 2 is 2.33 bits per heavy atom. The van der Waals surface area contributed by atoms with Crippen molar-refractivity contribution < 1.29 is 9.13 Å². The Morgan fingerprint density at radius 3 is 2.92 bits per heavy atom. The Balaban J connectivity index is 2.26. The van der Waals surface area contributed by atoms with Crippen molar-refractivity contribution in [3.63, 3.8) is 0 Å². The van der Waals surface area contributed by atoms with Gasteiger partial charge in [0.15, 0.2) is 5.75 Å². The topological polar surface area (TPSA) is 22.1 Å². The molecule has 1 fully saturated rings. The molecule has 2 nitrogen and oxygen atoms in total. The molecule has 64 valence electrons. The average Bonchev–Trinajstić information content (AvgIpc) is 2.80. The van der Waals surface area contributed by atoms with Crippen LogP contribution in [-0.2, 0) is 0 Å². The molecule has 4 heteroatoms. The summed E-state index contributed by atoms with van der Waals surface area (Å²) in [5.41, 5.74) is 0. The van der Waals surface area contributed by atoms with E-state index in [1.807, 2.05) is 0 Å². The van der Waals surface area contributed by atoms with Crippen LogP contribution in [0.2, 0.25) is 0 Å². The quantitative estimate of drug-likeness (QED) is 0.731. The molecule has 1 aromatic rings. The van der Waals surface area contributed by atoms with Crippen LogP contribution in [-0.4, -0.2) is 11.1 Å². The molecule has 1 heterocycles. The number of nitrogens with zero attached hydrogens (tertiary/aromatic N) is 1. The van der Waals surface area contributed by atoms with Crippen LogP contribution in [0.4, 0.5) is 4.39 Å². The number of hydrogen-bond acceptors (Lipinski definition) is 2. The third kappa shape index (κ3) is 1.58. The van der Waals surface area contributed by atoms with Gasteiger partial charge in [-0.2, -0.15) is 4.39 Å². The second-order valence-electron chi connectivity index (χ2n) is 2.73. The Bertz CT molecular complexity index is 281. The summed E-state index contributed by atoms with van der Waals surface area (Å²) in [6.07, 6.45) is 3.63. The second kappa shape index (κ2) is 3.01. The normalized spacial score (nSPS) is 16.2. The smallest absolute Gasteiger partial charge is 0.256 e. The van der Waals surface area contributed by atoms with E-state index in [1.165, 1.54) is 6.20 Å². The van der Waals surface area contributed by atoms with Crippen LogP contribution in [0.5, 0.6) is 5.75 Å². The number of pyridine rings is 1. The van der Waals surface area contributed by atoms with E-state index in [1.54, 1.807) is 6.07 Å². The van der Waals surface area contributed by atoms with E-state index in [0.717, 1.165) is 12.8 Å². The summed E-state index contributed by atoms with van der Waals surface area (Å²) in [4.78, 5) is 3.50. The van der Waals surface area contributed by atoms with Crippen molar-refractivity contribution in [2.24, 2.45) is 0 Å². The van der Waals surface area contributed by atoms with Gasteiger partial charge in [-0.1, -0.05) is 0 Å². The van der Waals surface area contributed by atoms with Crippen LogP contribution < -0.4 is 4.74 Å². The van der Waals surface area contributed by atoms with Crippen LogP contribution in [0.25, 0.3) is 0 Å². The van der Waals surface area contributed by atoms with Crippen LogP contribution in [0.1, 0.15) is 12.8 Å². The first kappa shape index (κ1) is 7.98. The van der Waals surface area contributed by atoms with Gasteiger partial charge in [0, 0.05) is 6.20 Å². The van der Waals surface area contributed by atoms with E-state index >= 15 is 0 Å². The van der Waals surface area contributed by atoms with Crippen LogP contribution in [0.15, 0.2) is 16.7 Å². The number of hydrogen-bond donors (Lipinski definition) is 0. The summed E-state index contributed by atoms with van der Waals surface area (Å²) in [6.45, 7) is 0. The molecule has 0 spiro atoms. The summed E-state index contributed by atoms with van der Waals surface area (Å²) >= 11 is 3.20. The molecule has 0 bridgehead atoms. The van der Waals surface area contributed by atoms with Gasteiger partial charge in [-0.3, -0.25) is 0 Å². The van der Waals surface area contributed by atoms with Crippen molar-refractivity contribution >= 4 is 15.9 Å². The first-order chi connectivity index (χ1) is 5.77. The summed E-state index contributed by atoms with van der Waals surface area (Å²) in [6, 6.07) is 1.67. The van der Waals surface area contributed by atoms with Crippen molar-refractivity contribution in [1.29, 1.82) is 0 Å². The summed E-state index contributed by atoms with van der Waals surface area (Å²) in [5, 5.41) is 0. The molecule has 1 aliphatic carbocycles. The van der Waals surface area contributed by atoms with Gasteiger partial charge in [-0.15, -0.1) is 0 Å². The maximum absolute atomic E-state index is 13.0. The summed E-state index contributed by atoms with van der Waals surface area (Å²) in [7, 11) is 0. The summed E-state index contributed by atoms with van der Waals surface area (Å²) in [5.74, 6) is -0.309. The minimum absolute atomic E-state index is 0.194. The Labute approximate surface area is 77.9 Å². The zero-order valence-corrected chi connectivity index (χ0v) is 7.84. The largest absolute Gasteiger partial charge is 0.484 e. The van der Waals surface area contributed by atoms with Crippen molar-refractivity contribution in [2.75, 3.05) is 0 Å². The predicted octanol–water partition coefficient (Wildman–Crippen LogP) is 2.52. The highest BCUT2D eigenvalue weighted by Crippen LogP contribution is 2.32. The lowest BCUT2D eigenvalue weighted by molar-refractivity contribution is 0.281. The standard InChI is InChI=1S/C8H7BrFNO/c9-6-3-4-11-8(10)7(6)12-5-1-2-5/h3-5H,1-2H2. The molecule has 0 saturated heterocycles. The highest BCUT2D eigenvalue weighted by Gasteiger charge is 2.26. The van der Waals surface area contributed by atoms with Gasteiger partial charge >= 0.3 is 0 Å². The van der Waals surface area contributed by atoms with E-state index in [0.29, 0.717) is 4.47 Å². The molecule has 1 saturated carbocycles. The average molecular weight is 232 g/mol. The van der Waals surface area contributed by atoms with Crippen LogP contribution in [0, 0.1) is 5.95 Å². The zero-order valence-electron chi connectivity index (χ0n) is 6.26. The lowest BCUT2D eigenvalue weighted by Gasteiger charge is -2.05. The Hall–Kier alpha value is -0.640. The molecule has 12 heavy (non-hydrogen) atoms. The number of ether oxygens (including phenoxy) is 1. The van der Waals surface area contributed by atoms with Crippen molar-refractivity contribution in [3.05, 3.63) is 22.7 Å². The SMILES string of the molecule is Fc1nccc(Br)c1OC1CC1. The van der Waals surface area contributed by atoms with E-state index < -0.39 is 5.95 Å². The van der Waals surface area contributed by atoms with Crippen molar-refractivity contribution in [1.82, 2.24) is 4.98 Å². The van der Waals surface area contributed by atoms with E-state index in [4.69, 9.17) is 4.74 Å². The maximum Gasteiger partial charge on any atom is 0.256 e. The fourth-order valence-corrected chi connectivity index (χ4v) is 1.23. The first-order valence-electron chi connectivity index (χ1n) is 3.74. The molecule has 0 atom stereocenters. The molecule has 0 unspecified atom stereocenters. The molecule has 2 rings (SSSR count). The summed E-state index contributed by atoms with van der Waals surface area (Å²) < 4.78 is 18.9. The van der Waals surface area contributed by atoms with E-state index in [-0.39, 0.29) is 11.9 Å². The molecular weight excluding hydrogens is 225 g/mol. The number of aromatic nitrogens is 1. The molecular formula is C8H7BrFNO. The molecule has 0 aromatic carbocycles. The maximum atomic E-state index is 13.0. The van der Waals surface area contributed by atoms with Gasteiger partial charge < -0.3 is 4.74 Å². The van der Waals surface area contributed by atoms with Gasteiger partial charge in [0.2, 0.25) is 0 Å². The third-order valence-electron chi connectivity index (χ3n) is 1.62. The number of halogens is 2.